The van der Waals surface area contributed by atoms with Gasteiger partial charge in [0.05, 0.1) is 6.61 Å². The van der Waals surface area contributed by atoms with Crippen LogP contribution in [0.15, 0.2) is 48.5 Å². The molecule has 0 radical (unpaired) electrons. The van der Waals surface area contributed by atoms with Gasteiger partial charge in [0.2, 0.25) is 5.91 Å². The molecule has 3 rings (SSSR count). The van der Waals surface area contributed by atoms with Crippen molar-refractivity contribution in [2.45, 2.75) is 51.0 Å². The molecule has 0 unspecified atom stereocenters. The number of nitrogens with two attached hydrogens (primary N) is 1. The molecular formula is C25H30N2O5. The Morgan fingerprint density at radius 1 is 0.969 bits per heavy atom. The van der Waals surface area contributed by atoms with Gasteiger partial charge in [0.1, 0.15) is 11.8 Å². The molecule has 7 heteroatoms. The van der Waals surface area contributed by atoms with Crippen LogP contribution in [-0.4, -0.2) is 35.5 Å². The van der Waals surface area contributed by atoms with Crippen LogP contribution in [0.1, 0.15) is 55.3 Å². The van der Waals surface area contributed by atoms with Crippen molar-refractivity contribution in [2.75, 3.05) is 6.61 Å². The van der Waals surface area contributed by atoms with Crippen molar-refractivity contribution in [3.8, 4) is 16.9 Å². The van der Waals surface area contributed by atoms with E-state index in [2.05, 4.69) is 5.32 Å². The van der Waals surface area contributed by atoms with Crippen LogP contribution in [0.4, 0.5) is 0 Å². The highest BCUT2D eigenvalue weighted by Gasteiger charge is 2.20. The fourth-order valence-corrected chi connectivity index (χ4v) is 3.92. The van der Waals surface area contributed by atoms with Gasteiger partial charge in [-0.1, -0.05) is 43.5 Å². The zero-order valence-electron chi connectivity index (χ0n) is 18.1. The van der Waals surface area contributed by atoms with Gasteiger partial charge in [0, 0.05) is 12.0 Å². The minimum atomic E-state index is -1.06. The zero-order valence-corrected chi connectivity index (χ0v) is 18.1. The van der Waals surface area contributed by atoms with Crippen LogP contribution in [0, 0.1) is 5.92 Å². The first kappa shape index (κ1) is 23.3. The Balaban J connectivity index is 1.56. The number of ether oxygens (including phenoxy) is 1. The summed E-state index contributed by atoms with van der Waals surface area (Å²) >= 11 is 0. The number of hydrogen-bond acceptors (Lipinski definition) is 4. The highest BCUT2D eigenvalue weighted by Crippen LogP contribution is 2.26. The fourth-order valence-electron chi connectivity index (χ4n) is 3.92. The van der Waals surface area contributed by atoms with Gasteiger partial charge in [-0.15, -0.1) is 0 Å². The molecule has 0 spiro atoms. The van der Waals surface area contributed by atoms with Gasteiger partial charge in [-0.05, 0) is 60.6 Å². The normalized spacial score (nSPS) is 15.0. The Hall–Kier alpha value is -3.35. The Bertz CT molecular complexity index is 918. The number of carboxylic acid groups (broad SMARTS) is 1. The summed E-state index contributed by atoms with van der Waals surface area (Å²) in [5.41, 5.74) is 7.57. The molecule has 1 fully saturated rings. The summed E-state index contributed by atoms with van der Waals surface area (Å²) in [7, 11) is 0. The van der Waals surface area contributed by atoms with Gasteiger partial charge in [-0.25, -0.2) is 0 Å². The third-order valence-electron chi connectivity index (χ3n) is 5.84. The summed E-state index contributed by atoms with van der Waals surface area (Å²) < 4.78 is 5.95. The van der Waals surface area contributed by atoms with Gasteiger partial charge >= 0.3 is 5.97 Å². The average Bonchev–Trinajstić information content (AvgIpc) is 2.81. The van der Waals surface area contributed by atoms with Gasteiger partial charge in [0.25, 0.3) is 5.91 Å². The van der Waals surface area contributed by atoms with Crippen LogP contribution in [0.25, 0.3) is 11.1 Å². The molecule has 1 atom stereocenters. The first-order chi connectivity index (χ1) is 15.4. The van der Waals surface area contributed by atoms with E-state index >= 15 is 0 Å². The third kappa shape index (κ3) is 6.83. The number of carbonyl (C=O) groups excluding carboxylic acids is 2. The van der Waals surface area contributed by atoms with Crippen LogP contribution in [0.3, 0.4) is 0 Å². The van der Waals surface area contributed by atoms with Crippen molar-refractivity contribution in [1.29, 1.82) is 0 Å². The average molecular weight is 439 g/mol. The number of amides is 2. The number of rotatable bonds is 10. The second-order valence-electron chi connectivity index (χ2n) is 8.28. The molecule has 2 aromatic carbocycles. The minimum Gasteiger partial charge on any atom is -0.493 e. The predicted octanol–water partition coefficient (Wildman–Crippen LogP) is 3.76. The van der Waals surface area contributed by atoms with E-state index in [0.717, 1.165) is 23.5 Å². The lowest BCUT2D eigenvalue weighted by Crippen LogP contribution is -2.44. The summed E-state index contributed by atoms with van der Waals surface area (Å²) in [6.45, 7) is 0.766. The molecule has 2 amide bonds. The lowest BCUT2D eigenvalue weighted by Gasteiger charge is -2.21. The first-order valence-electron chi connectivity index (χ1n) is 11.1. The monoisotopic (exact) mass is 438 g/mol. The van der Waals surface area contributed by atoms with E-state index in [1.807, 2.05) is 36.4 Å². The summed E-state index contributed by atoms with van der Waals surface area (Å²) in [6, 6.07) is 13.8. The second kappa shape index (κ2) is 11.3. The van der Waals surface area contributed by atoms with Gasteiger partial charge in [-0.3, -0.25) is 14.4 Å². The highest BCUT2D eigenvalue weighted by molar-refractivity contribution is 5.97. The summed E-state index contributed by atoms with van der Waals surface area (Å²) in [5, 5.41) is 11.3. The maximum Gasteiger partial charge on any atom is 0.303 e. The summed E-state index contributed by atoms with van der Waals surface area (Å²) in [5.74, 6) is -0.783. The molecule has 1 aliphatic carbocycles. The van der Waals surface area contributed by atoms with E-state index in [4.69, 9.17) is 15.6 Å². The molecule has 4 N–H and O–H groups in total. The minimum absolute atomic E-state index is 0.0519. The number of primary amides is 1. The molecule has 0 heterocycles. The highest BCUT2D eigenvalue weighted by atomic mass is 16.5. The van der Waals surface area contributed by atoms with E-state index in [1.54, 1.807) is 12.1 Å². The SMILES string of the molecule is NC(=O)[C@H](CCC(=O)O)NC(=O)c1ccc(-c2ccc(OCC3CCCCC3)cc2)cc1. The standard InChI is InChI=1S/C25H30N2O5/c26-24(30)22(14-15-23(28)29)27-25(31)20-8-6-18(7-9-20)19-10-12-21(13-11-19)32-16-17-4-2-1-3-5-17/h6-13,17,22H,1-5,14-16H2,(H2,26,30)(H,27,31)(H,28,29)/t22-/m0/s1. The fraction of sp³-hybridized carbons (Fsp3) is 0.400. The number of carboxylic acids is 1. The maximum atomic E-state index is 12.4. The van der Waals surface area contributed by atoms with Crippen molar-refractivity contribution >= 4 is 17.8 Å². The van der Waals surface area contributed by atoms with E-state index in [-0.39, 0.29) is 12.8 Å². The smallest absolute Gasteiger partial charge is 0.303 e. The molecular weight excluding hydrogens is 408 g/mol. The number of nitrogens with one attached hydrogen (secondary N) is 1. The number of aliphatic carboxylic acids is 1. The van der Waals surface area contributed by atoms with Crippen molar-refractivity contribution in [1.82, 2.24) is 5.32 Å². The molecule has 1 aliphatic rings. The lowest BCUT2D eigenvalue weighted by atomic mass is 9.90. The lowest BCUT2D eigenvalue weighted by molar-refractivity contribution is -0.137. The molecule has 0 saturated heterocycles. The Kier molecular flexibility index (Phi) is 8.25. The van der Waals surface area contributed by atoms with Crippen LogP contribution >= 0.6 is 0 Å². The van der Waals surface area contributed by atoms with E-state index in [1.165, 1.54) is 32.1 Å². The number of carbonyl (C=O) groups is 3. The zero-order chi connectivity index (χ0) is 22.9. The molecule has 7 nitrogen and oxygen atoms in total. The van der Waals surface area contributed by atoms with E-state index in [9.17, 15) is 14.4 Å². The molecule has 0 bridgehead atoms. The first-order valence-corrected chi connectivity index (χ1v) is 11.1. The molecule has 1 saturated carbocycles. The molecule has 170 valence electrons. The predicted molar refractivity (Wildman–Crippen MR) is 121 cm³/mol. The molecule has 0 aromatic heterocycles. The largest absolute Gasteiger partial charge is 0.493 e. The quantitative estimate of drug-likeness (QED) is 0.522. The second-order valence-corrected chi connectivity index (χ2v) is 8.28. The molecule has 2 aromatic rings. The van der Waals surface area contributed by atoms with Crippen molar-refractivity contribution < 1.29 is 24.2 Å². The Labute approximate surface area is 188 Å². The molecule has 32 heavy (non-hydrogen) atoms. The Morgan fingerprint density at radius 3 is 2.12 bits per heavy atom. The van der Waals surface area contributed by atoms with Gasteiger partial charge in [-0.2, -0.15) is 0 Å². The van der Waals surface area contributed by atoms with Crippen LogP contribution in [-0.2, 0) is 9.59 Å². The number of benzene rings is 2. The van der Waals surface area contributed by atoms with Crippen LogP contribution in [0.2, 0.25) is 0 Å². The maximum absolute atomic E-state index is 12.4. The van der Waals surface area contributed by atoms with Crippen molar-refractivity contribution in [2.24, 2.45) is 11.7 Å². The summed E-state index contributed by atoms with van der Waals surface area (Å²) in [4.78, 5) is 34.6. The van der Waals surface area contributed by atoms with Crippen molar-refractivity contribution in [3.63, 3.8) is 0 Å². The van der Waals surface area contributed by atoms with Crippen LogP contribution in [0.5, 0.6) is 5.75 Å². The molecule has 0 aliphatic heterocycles. The Morgan fingerprint density at radius 2 is 1.56 bits per heavy atom. The van der Waals surface area contributed by atoms with Gasteiger partial charge < -0.3 is 20.9 Å². The van der Waals surface area contributed by atoms with Gasteiger partial charge in [0.15, 0.2) is 0 Å². The van der Waals surface area contributed by atoms with Crippen LogP contribution < -0.4 is 15.8 Å². The van der Waals surface area contributed by atoms with Crippen molar-refractivity contribution in [3.05, 3.63) is 54.1 Å². The van der Waals surface area contributed by atoms with E-state index < -0.39 is 23.8 Å². The van der Waals surface area contributed by atoms with E-state index in [0.29, 0.717) is 11.5 Å². The summed E-state index contributed by atoms with van der Waals surface area (Å²) in [6.07, 6.45) is 6.12. The number of hydrogen-bond donors (Lipinski definition) is 3. The third-order valence-corrected chi connectivity index (χ3v) is 5.84. The topological polar surface area (TPSA) is 119 Å².